The zero-order valence-corrected chi connectivity index (χ0v) is 9.50. The van der Waals surface area contributed by atoms with Crippen molar-refractivity contribution in [2.45, 2.75) is 0 Å². The topological polar surface area (TPSA) is 39.4 Å². The van der Waals surface area contributed by atoms with Gasteiger partial charge in [0.05, 0.1) is 6.26 Å². The van der Waals surface area contributed by atoms with Gasteiger partial charge in [0.25, 0.3) is 0 Å². The lowest BCUT2D eigenvalue weighted by Gasteiger charge is -2.01. The monoisotopic (exact) mass is 238 g/mol. The number of ether oxygens (including phenoxy) is 1. The van der Waals surface area contributed by atoms with Crippen molar-refractivity contribution in [2.75, 3.05) is 0 Å². The second-order valence-electron chi connectivity index (χ2n) is 3.87. The Bertz CT molecular complexity index is 619. The summed E-state index contributed by atoms with van der Waals surface area (Å²) in [6.07, 6.45) is 4.70. The van der Waals surface area contributed by atoms with Crippen LogP contribution in [0.3, 0.4) is 0 Å². The minimum Gasteiger partial charge on any atom is -0.461 e. The van der Waals surface area contributed by atoms with E-state index in [1.165, 1.54) is 6.08 Å². The first-order valence-electron chi connectivity index (χ1n) is 5.57. The van der Waals surface area contributed by atoms with E-state index in [9.17, 15) is 4.79 Å². The van der Waals surface area contributed by atoms with E-state index in [2.05, 4.69) is 0 Å². The van der Waals surface area contributed by atoms with Crippen molar-refractivity contribution < 1.29 is 13.9 Å². The summed E-state index contributed by atoms with van der Waals surface area (Å²) < 4.78 is 10.7. The lowest BCUT2D eigenvalue weighted by molar-refractivity contribution is -0.112. The van der Waals surface area contributed by atoms with Gasteiger partial charge in [0, 0.05) is 6.08 Å². The molecule has 0 amide bonds. The number of benzene rings is 1. The molecule has 1 aliphatic rings. The predicted molar refractivity (Wildman–Crippen MR) is 67.2 cm³/mol. The summed E-state index contributed by atoms with van der Waals surface area (Å²) in [5, 5.41) is 0. The molecule has 0 unspecified atom stereocenters. The number of hydrogen-bond acceptors (Lipinski definition) is 3. The first kappa shape index (κ1) is 10.6. The van der Waals surface area contributed by atoms with Crippen LogP contribution in [0.15, 0.2) is 65.0 Å². The number of hydrogen-bond donors (Lipinski definition) is 0. The normalized spacial score (nSPS) is 16.8. The maximum atomic E-state index is 11.8. The van der Waals surface area contributed by atoms with Crippen LogP contribution >= 0.6 is 0 Å². The molecule has 0 bridgehead atoms. The number of carbonyl (C=O) groups excluding carboxylic acids is 1. The molecule has 3 heteroatoms. The standard InChI is InChI=1S/C15H10O3/c16-12-10-15(13-7-4-8-17-13)18-14(12)9-11-5-2-1-3-6-11/h1-10H/b14-9+. The summed E-state index contributed by atoms with van der Waals surface area (Å²) in [6.45, 7) is 0. The molecule has 1 aromatic heterocycles. The molecule has 0 N–H and O–H groups in total. The van der Waals surface area contributed by atoms with Crippen LogP contribution in [0, 0.1) is 0 Å². The lowest BCUT2D eigenvalue weighted by Crippen LogP contribution is -1.92. The largest absolute Gasteiger partial charge is 0.461 e. The fourth-order valence-electron chi connectivity index (χ4n) is 1.73. The second kappa shape index (κ2) is 4.37. The van der Waals surface area contributed by atoms with E-state index in [1.807, 2.05) is 30.3 Å². The molecule has 2 heterocycles. The van der Waals surface area contributed by atoms with E-state index in [0.717, 1.165) is 5.56 Å². The molecule has 88 valence electrons. The van der Waals surface area contributed by atoms with Crippen LogP contribution in [-0.4, -0.2) is 5.78 Å². The first-order valence-corrected chi connectivity index (χ1v) is 5.57. The van der Waals surface area contributed by atoms with Crippen molar-refractivity contribution in [1.29, 1.82) is 0 Å². The van der Waals surface area contributed by atoms with Gasteiger partial charge < -0.3 is 9.15 Å². The van der Waals surface area contributed by atoms with Crippen LogP contribution in [0.4, 0.5) is 0 Å². The Morgan fingerprint density at radius 3 is 2.56 bits per heavy atom. The zero-order chi connectivity index (χ0) is 12.4. The molecule has 18 heavy (non-hydrogen) atoms. The van der Waals surface area contributed by atoms with E-state index in [4.69, 9.17) is 9.15 Å². The summed E-state index contributed by atoms with van der Waals surface area (Å²) in [6, 6.07) is 13.1. The molecular weight excluding hydrogens is 228 g/mol. The maximum Gasteiger partial charge on any atom is 0.224 e. The smallest absolute Gasteiger partial charge is 0.224 e. The third-order valence-electron chi connectivity index (χ3n) is 2.59. The number of ketones is 1. The maximum absolute atomic E-state index is 11.8. The highest BCUT2D eigenvalue weighted by atomic mass is 16.5. The fraction of sp³-hybridized carbons (Fsp3) is 0. The Labute approximate surface area is 104 Å². The molecule has 0 spiro atoms. The van der Waals surface area contributed by atoms with Gasteiger partial charge in [-0.05, 0) is 23.8 Å². The summed E-state index contributed by atoms with van der Waals surface area (Å²) in [5.41, 5.74) is 0.926. The van der Waals surface area contributed by atoms with E-state index in [0.29, 0.717) is 17.3 Å². The van der Waals surface area contributed by atoms with Gasteiger partial charge in [0.15, 0.2) is 17.3 Å². The molecular formula is C15H10O3. The fourth-order valence-corrected chi connectivity index (χ4v) is 1.73. The van der Waals surface area contributed by atoms with Crippen molar-refractivity contribution in [1.82, 2.24) is 0 Å². The highest BCUT2D eigenvalue weighted by molar-refractivity contribution is 6.12. The van der Waals surface area contributed by atoms with Crippen LogP contribution in [0.1, 0.15) is 11.3 Å². The van der Waals surface area contributed by atoms with Gasteiger partial charge >= 0.3 is 0 Å². The van der Waals surface area contributed by atoms with E-state index >= 15 is 0 Å². The highest BCUT2D eigenvalue weighted by Gasteiger charge is 2.23. The van der Waals surface area contributed by atoms with Gasteiger partial charge in [-0.15, -0.1) is 0 Å². The van der Waals surface area contributed by atoms with Crippen molar-refractivity contribution in [3.63, 3.8) is 0 Å². The van der Waals surface area contributed by atoms with Crippen molar-refractivity contribution in [2.24, 2.45) is 0 Å². The van der Waals surface area contributed by atoms with Gasteiger partial charge in [-0.1, -0.05) is 30.3 Å². The zero-order valence-electron chi connectivity index (χ0n) is 9.50. The van der Waals surface area contributed by atoms with Gasteiger partial charge in [-0.3, -0.25) is 4.79 Å². The molecule has 0 atom stereocenters. The molecule has 0 aliphatic carbocycles. The second-order valence-corrected chi connectivity index (χ2v) is 3.87. The third kappa shape index (κ3) is 1.98. The lowest BCUT2D eigenvalue weighted by atomic mass is 10.2. The van der Waals surface area contributed by atoms with Gasteiger partial charge in [-0.25, -0.2) is 0 Å². The van der Waals surface area contributed by atoms with Crippen molar-refractivity contribution in [3.05, 3.63) is 71.9 Å². The SMILES string of the molecule is O=C1C=C(c2ccco2)O/C1=C/c1ccccc1. The van der Waals surface area contributed by atoms with Crippen LogP contribution in [0.25, 0.3) is 11.8 Å². The molecule has 1 aliphatic heterocycles. The molecule has 0 fully saturated rings. The van der Waals surface area contributed by atoms with E-state index < -0.39 is 0 Å². The van der Waals surface area contributed by atoms with Crippen molar-refractivity contribution in [3.8, 4) is 0 Å². The van der Waals surface area contributed by atoms with Crippen LogP contribution < -0.4 is 0 Å². The van der Waals surface area contributed by atoms with Crippen LogP contribution in [0.5, 0.6) is 0 Å². The average Bonchev–Trinajstić information content (AvgIpc) is 3.01. The molecule has 2 aromatic rings. The van der Waals surface area contributed by atoms with Gasteiger partial charge in [0.1, 0.15) is 0 Å². The number of carbonyl (C=O) groups is 1. The van der Waals surface area contributed by atoms with Crippen LogP contribution in [-0.2, 0) is 9.53 Å². The first-order chi connectivity index (χ1) is 8.83. The Morgan fingerprint density at radius 2 is 1.83 bits per heavy atom. The van der Waals surface area contributed by atoms with Gasteiger partial charge in [-0.2, -0.15) is 0 Å². The predicted octanol–water partition coefficient (Wildman–Crippen LogP) is 3.26. The van der Waals surface area contributed by atoms with Crippen molar-refractivity contribution >= 4 is 17.6 Å². The summed E-state index contributed by atoms with van der Waals surface area (Å²) in [4.78, 5) is 11.8. The number of allylic oxidation sites excluding steroid dienone is 1. The molecule has 1 aromatic carbocycles. The van der Waals surface area contributed by atoms with E-state index in [-0.39, 0.29) is 5.78 Å². The third-order valence-corrected chi connectivity index (χ3v) is 2.59. The average molecular weight is 238 g/mol. The molecule has 0 saturated heterocycles. The Kier molecular flexibility index (Phi) is 2.57. The van der Waals surface area contributed by atoms with Gasteiger partial charge in [0.2, 0.25) is 5.78 Å². The summed E-state index contributed by atoms with van der Waals surface area (Å²) >= 11 is 0. The van der Waals surface area contributed by atoms with E-state index in [1.54, 1.807) is 24.5 Å². The Morgan fingerprint density at radius 1 is 1.00 bits per heavy atom. The minimum absolute atomic E-state index is 0.148. The minimum atomic E-state index is -0.148. The van der Waals surface area contributed by atoms with Crippen LogP contribution in [0.2, 0.25) is 0 Å². The number of rotatable bonds is 2. The highest BCUT2D eigenvalue weighted by Crippen LogP contribution is 2.27. The summed E-state index contributed by atoms with van der Waals surface area (Å²) in [5.74, 6) is 1.17. The molecule has 3 nitrogen and oxygen atoms in total. The Balaban J connectivity index is 1.87. The Hall–Kier alpha value is -2.55. The molecule has 3 rings (SSSR count). The molecule has 0 radical (unpaired) electrons. The number of furan rings is 1. The quantitative estimate of drug-likeness (QED) is 0.754. The molecule has 0 saturated carbocycles. The summed E-state index contributed by atoms with van der Waals surface area (Å²) in [7, 11) is 0.